The minimum atomic E-state index is -0.841. The van der Waals surface area contributed by atoms with E-state index in [9.17, 15) is 24.9 Å². The quantitative estimate of drug-likeness (QED) is 0.382. The van der Waals surface area contributed by atoms with Crippen molar-refractivity contribution in [1.82, 2.24) is 9.97 Å². The lowest BCUT2D eigenvalue weighted by Gasteiger charge is -2.13. The molecule has 0 saturated carbocycles. The van der Waals surface area contributed by atoms with Crippen molar-refractivity contribution in [2.75, 3.05) is 0 Å². The van der Waals surface area contributed by atoms with Crippen molar-refractivity contribution in [3.05, 3.63) is 35.4 Å². The molecule has 0 radical (unpaired) electrons. The highest BCUT2D eigenvalue weighted by Crippen LogP contribution is 2.40. The number of nitrogens with one attached hydrogen (secondary N) is 1. The molecule has 1 heterocycles. The highest BCUT2D eigenvalue weighted by atomic mass is 16.3. The number of imidazole rings is 1. The molecule has 6 N–H and O–H groups in total. The number of H-pyrrole nitrogens is 1. The highest BCUT2D eigenvalue weighted by Gasteiger charge is 2.23. The van der Waals surface area contributed by atoms with Gasteiger partial charge in [-0.15, -0.1) is 0 Å². The Hall–Kier alpha value is -2.87. The first-order chi connectivity index (χ1) is 10.8. The van der Waals surface area contributed by atoms with Gasteiger partial charge in [0.1, 0.15) is 0 Å². The Balaban J connectivity index is 2.22. The fourth-order valence-electron chi connectivity index (χ4n) is 2.17. The summed E-state index contributed by atoms with van der Waals surface area (Å²) in [5.41, 5.74) is 6.35. The van der Waals surface area contributed by atoms with Crippen LogP contribution >= 0.6 is 0 Å². The zero-order valence-corrected chi connectivity index (χ0v) is 12.4. The van der Waals surface area contributed by atoms with Crippen LogP contribution in [0.25, 0.3) is 0 Å². The van der Waals surface area contributed by atoms with Gasteiger partial charge in [-0.3, -0.25) is 9.59 Å². The van der Waals surface area contributed by atoms with Crippen LogP contribution in [0.1, 0.15) is 28.5 Å². The Morgan fingerprint density at radius 1 is 1.26 bits per heavy atom. The topological polar surface area (TPSA) is 150 Å². The van der Waals surface area contributed by atoms with Crippen LogP contribution in [0.4, 0.5) is 0 Å². The number of benzene rings is 1. The summed E-state index contributed by atoms with van der Waals surface area (Å²) in [5, 5.41) is 29.1. The largest absolute Gasteiger partial charge is 0.504 e. The van der Waals surface area contributed by atoms with Gasteiger partial charge in [0.2, 0.25) is 5.75 Å². The highest BCUT2D eigenvalue weighted by molar-refractivity contribution is 5.99. The number of hydrogen-bond donors (Lipinski definition) is 5. The maximum absolute atomic E-state index is 12.2. The van der Waals surface area contributed by atoms with E-state index in [1.54, 1.807) is 6.20 Å². The van der Waals surface area contributed by atoms with Gasteiger partial charge in [0.15, 0.2) is 23.1 Å². The van der Waals surface area contributed by atoms with Crippen LogP contribution in [0.5, 0.6) is 17.2 Å². The summed E-state index contributed by atoms with van der Waals surface area (Å²) < 4.78 is 0. The first-order valence-corrected chi connectivity index (χ1v) is 6.84. The summed E-state index contributed by atoms with van der Waals surface area (Å²) in [6.45, 7) is 1.20. The van der Waals surface area contributed by atoms with Crippen LogP contribution < -0.4 is 5.73 Å². The SMILES string of the molecule is CC(=O)c1cc(CC(=O)[C@@H](N)Cc2cnc[nH]2)c(O)c(O)c1O. The summed E-state index contributed by atoms with van der Waals surface area (Å²) in [4.78, 5) is 30.3. The summed E-state index contributed by atoms with van der Waals surface area (Å²) in [6.07, 6.45) is 2.97. The maximum Gasteiger partial charge on any atom is 0.201 e. The molecule has 1 atom stereocenters. The lowest BCUT2D eigenvalue weighted by molar-refractivity contribution is -0.119. The van der Waals surface area contributed by atoms with E-state index in [0.717, 1.165) is 0 Å². The summed E-state index contributed by atoms with van der Waals surface area (Å²) in [6, 6.07) is 0.333. The number of ketones is 2. The molecule has 122 valence electrons. The van der Waals surface area contributed by atoms with Crippen LogP contribution in [0.3, 0.4) is 0 Å². The van der Waals surface area contributed by atoms with Crippen molar-refractivity contribution in [3.8, 4) is 17.2 Å². The lowest BCUT2D eigenvalue weighted by Crippen LogP contribution is -2.34. The van der Waals surface area contributed by atoms with Gasteiger partial charge in [-0.25, -0.2) is 4.98 Å². The Labute approximate surface area is 131 Å². The molecule has 8 heteroatoms. The van der Waals surface area contributed by atoms with E-state index < -0.39 is 34.9 Å². The van der Waals surface area contributed by atoms with Crippen LogP contribution in [0.2, 0.25) is 0 Å². The monoisotopic (exact) mass is 319 g/mol. The van der Waals surface area contributed by atoms with Gasteiger partial charge in [0, 0.05) is 30.3 Å². The molecule has 0 unspecified atom stereocenters. The van der Waals surface area contributed by atoms with Crippen molar-refractivity contribution < 1.29 is 24.9 Å². The van der Waals surface area contributed by atoms with E-state index in [1.165, 1.54) is 19.3 Å². The van der Waals surface area contributed by atoms with Crippen molar-refractivity contribution >= 4 is 11.6 Å². The normalized spacial score (nSPS) is 12.1. The van der Waals surface area contributed by atoms with E-state index in [4.69, 9.17) is 5.73 Å². The third-order valence-electron chi connectivity index (χ3n) is 3.48. The first-order valence-electron chi connectivity index (χ1n) is 6.84. The van der Waals surface area contributed by atoms with E-state index in [1.807, 2.05) is 0 Å². The molecule has 0 fully saturated rings. The average Bonchev–Trinajstić information content (AvgIpc) is 3.00. The molecule has 0 aliphatic carbocycles. The third-order valence-corrected chi connectivity index (χ3v) is 3.48. The molecular weight excluding hydrogens is 302 g/mol. The predicted octanol–water partition coefficient (Wildman–Crippen LogP) is 0.411. The number of nitrogens with zero attached hydrogens (tertiary/aromatic N) is 1. The smallest absolute Gasteiger partial charge is 0.201 e. The Kier molecular flexibility index (Phi) is 4.65. The summed E-state index contributed by atoms with van der Waals surface area (Å²) in [7, 11) is 0. The number of phenols is 3. The number of aromatic amines is 1. The second-order valence-corrected chi connectivity index (χ2v) is 5.22. The van der Waals surface area contributed by atoms with Gasteiger partial charge in [-0.2, -0.15) is 0 Å². The second-order valence-electron chi connectivity index (χ2n) is 5.22. The molecule has 0 bridgehead atoms. The van der Waals surface area contributed by atoms with E-state index >= 15 is 0 Å². The number of rotatable bonds is 6. The van der Waals surface area contributed by atoms with Gasteiger partial charge in [0.25, 0.3) is 0 Å². The van der Waals surface area contributed by atoms with Gasteiger partial charge in [0.05, 0.1) is 17.9 Å². The van der Waals surface area contributed by atoms with E-state index in [2.05, 4.69) is 9.97 Å². The molecule has 1 aromatic carbocycles. The molecule has 8 nitrogen and oxygen atoms in total. The Bertz CT molecular complexity index is 740. The zero-order chi connectivity index (χ0) is 17.1. The Morgan fingerprint density at radius 2 is 1.96 bits per heavy atom. The van der Waals surface area contributed by atoms with E-state index in [0.29, 0.717) is 5.69 Å². The molecule has 0 spiro atoms. The number of nitrogens with two attached hydrogens (primary N) is 1. The molecule has 2 aromatic rings. The molecule has 0 aliphatic rings. The minimum Gasteiger partial charge on any atom is -0.504 e. The third kappa shape index (κ3) is 3.49. The molecule has 1 aromatic heterocycles. The molecule has 0 amide bonds. The number of aromatic hydroxyl groups is 3. The Morgan fingerprint density at radius 3 is 2.52 bits per heavy atom. The second kappa shape index (κ2) is 6.49. The van der Waals surface area contributed by atoms with Crippen molar-refractivity contribution in [2.24, 2.45) is 5.73 Å². The molecule has 23 heavy (non-hydrogen) atoms. The van der Waals surface area contributed by atoms with Crippen LogP contribution in [0, 0.1) is 0 Å². The van der Waals surface area contributed by atoms with Gasteiger partial charge in [-0.05, 0) is 13.0 Å². The van der Waals surface area contributed by atoms with Crippen LogP contribution in [0.15, 0.2) is 18.6 Å². The standard InChI is InChI=1S/C15H17N3O5/c1-7(19)10-2-8(13(21)15(23)14(10)22)3-12(20)11(16)4-9-5-17-6-18-9/h2,5-6,11,21-23H,3-4,16H2,1H3,(H,17,18)/t11-/m0/s1. The zero-order valence-electron chi connectivity index (χ0n) is 12.4. The van der Waals surface area contributed by atoms with Gasteiger partial charge in [-0.1, -0.05) is 0 Å². The molecule has 0 aliphatic heterocycles. The van der Waals surface area contributed by atoms with Gasteiger partial charge >= 0.3 is 0 Å². The number of Topliss-reactive ketones (excluding diaryl/α,β-unsaturated/α-hetero) is 2. The van der Waals surface area contributed by atoms with Crippen molar-refractivity contribution in [1.29, 1.82) is 0 Å². The van der Waals surface area contributed by atoms with Crippen molar-refractivity contribution in [3.63, 3.8) is 0 Å². The summed E-state index contributed by atoms with van der Waals surface area (Å²) >= 11 is 0. The number of carbonyl (C=O) groups excluding carboxylic acids is 2. The van der Waals surface area contributed by atoms with E-state index in [-0.39, 0.29) is 24.0 Å². The summed E-state index contributed by atoms with van der Waals surface area (Å²) in [5.74, 6) is -3.09. The van der Waals surface area contributed by atoms with Crippen LogP contribution in [-0.4, -0.2) is 42.9 Å². The molecular formula is C15H17N3O5. The fourth-order valence-corrected chi connectivity index (χ4v) is 2.17. The number of phenolic OH excluding ortho intramolecular Hbond substituents is 3. The number of aromatic nitrogens is 2. The van der Waals surface area contributed by atoms with Crippen molar-refractivity contribution in [2.45, 2.75) is 25.8 Å². The minimum absolute atomic E-state index is 0.0237. The molecule has 0 saturated heterocycles. The van der Waals surface area contributed by atoms with Gasteiger partial charge < -0.3 is 26.0 Å². The average molecular weight is 319 g/mol. The predicted molar refractivity (Wildman–Crippen MR) is 80.4 cm³/mol. The lowest BCUT2D eigenvalue weighted by atomic mass is 9.97. The maximum atomic E-state index is 12.2. The fraction of sp³-hybridized carbons (Fsp3) is 0.267. The molecule has 2 rings (SSSR count). The van der Waals surface area contributed by atoms with Crippen LogP contribution in [-0.2, 0) is 17.6 Å². The first kappa shape index (κ1) is 16.5. The number of hydrogen-bond acceptors (Lipinski definition) is 7. The number of carbonyl (C=O) groups is 2.